The highest BCUT2D eigenvalue weighted by atomic mass is 32.1. The van der Waals surface area contributed by atoms with Gasteiger partial charge in [0.1, 0.15) is 16.8 Å². The second kappa shape index (κ2) is 11.2. The average Bonchev–Trinajstić information content (AvgIpc) is 3.18. The molecule has 0 spiro atoms. The Labute approximate surface area is 179 Å². The molecule has 2 aromatic rings. The third-order valence-corrected chi connectivity index (χ3v) is 5.01. The number of nitrogens with zero attached hydrogens (tertiary/aromatic N) is 2. The molecule has 1 aromatic carbocycles. The van der Waals surface area contributed by atoms with Gasteiger partial charge < -0.3 is 14.8 Å². The maximum absolute atomic E-state index is 12.7. The molecule has 162 valence electrons. The molecule has 30 heavy (non-hydrogen) atoms. The summed E-state index contributed by atoms with van der Waals surface area (Å²) in [5.74, 6) is -0.668. The van der Waals surface area contributed by atoms with Crippen LogP contribution >= 0.6 is 11.3 Å². The molecule has 1 aromatic heterocycles. The maximum Gasteiger partial charge on any atom is 0.306 e. The van der Waals surface area contributed by atoms with Crippen molar-refractivity contribution in [2.45, 2.75) is 39.7 Å². The molecule has 0 aliphatic heterocycles. The topological polar surface area (TPSA) is 120 Å². The van der Waals surface area contributed by atoms with Crippen LogP contribution in [0.3, 0.4) is 0 Å². The third-order valence-electron chi connectivity index (χ3n) is 4.12. The van der Waals surface area contributed by atoms with Crippen molar-refractivity contribution in [2.24, 2.45) is 5.92 Å². The van der Waals surface area contributed by atoms with Gasteiger partial charge in [0.05, 0.1) is 20.1 Å². The van der Waals surface area contributed by atoms with Crippen LogP contribution in [0.2, 0.25) is 0 Å². The predicted octanol–water partition coefficient (Wildman–Crippen LogP) is 2.64. The molecule has 0 aliphatic carbocycles. The zero-order valence-corrected chi connectivity index (χ0v) is 18.2. The number of nitrogens with one attached hydrogen (secondary N) is 2. The molecule has 1 atom stereocenters. The second-order valence-corrected chi connectivity index (χ2v) is 7.70. The Hall–Kier alpha value is -3.01. The second-order valence-electron chi connectivity index (χ2n) is 6.72. The van der Waals surface area contributed by atoms with E-state index in [1.807, 2.05) is 38.1 Å². The lowest BCUT2D eigenvalue weighted by Gasteiger charge is -2.20. The van der Waals surface area contributed by atoms with Crippen LogP contribution in [0.4, 0.5) is 5.13 Å². The molecule has 0 radical (unpaired) electrons. The highest BCUT2D eigenvalue weighted by Crippen LogP contribution is 2.28. The molecule has 1 heterocycles. The summed E-state index contributed by atoms with van der Waals surface area (Å²) in [6.45, 7) is 5.60. The van der Waals surface area contributed by atoms with Crippen LogP contribution in [0, 0.1) is 5.92 Å². The van der Waals surface area contributed by atoms with Gasteiger partial charge in [-0.2, -0.15) is 0 Å². The van der Waals surface area contributed by atoms with E-state index in [1.54, 1.807) is 14.0 Å². The monoisotopic (exact) mass is 434 g/mol. The summed E-state index contributed by atoms with van der Waals surface area (Å²) in [5, 5.41) is 14.5. The first-order valence-electron chi connectivity index (χ1n) is 9.57. The van der Waals surface area contributed by atoms with Crippen molar-refractivity contribution in [3.05, 3.63) is 24.3 Å². The highest BCUT2D eigenvalue weighted by molar-refractivity contribution is 7.18. The molecule has 10 heteroatoms. The van der Waals surface area contributed by atoms with E-state index in [0.29, 0.717) is 10.1 Å². The lowest BCUT2D eigenvalue weighted by atomic mass is 10.0. The van der Waals surface area contributed by atoms with E-state index in [4.69, 9.17) is 9.47 Å². The van der Waals surface area contributed by atoms with E-state index in [1.165, 1.54) is 11.3 Å². The molecule has 0 saturated carbocycles. The molecule has 0 aliphatic rings. The van der Waals surface area contributed by atoms with Crippen LogP contribution in [0.1, 0.15) is 33.6 Å². The van der Waals surface area contributed by atoms with Gasteiger partial charge in [-0.25, -0.2) is 0 Å². The number of benzene rings is 1. The summed E-state index contributed by atoms with van der Waals surface area (Å²) in [7, 11) is 1.59. The van der Waals surface area contributed by atoms with Gasteiger partial charge >= 0.3 is 5.97 Å². The number of carbonyl (C=O) groups excluding carboxylic acids is 3. The summed E-state index contributed by atoms with van der Waals surface area (Å²) in [5.41, 5.74) is 0.849. The van der Waals surface area contributed by atoms with Crippen molar-refractivity contribution in [3.63, 3.8) is 0 Å². The van der Waals surface area contributed by atoms with Crippen LogP contribution in [-0.4, -0.2) is 47.7 Å². The molecular formula is C20H26N4O5S. The minimum absolute atomic E-state index is 0.0340. The smallest absolute Gasteiger partial charge is 0.306 e. The number of amides is 2. The van der Waals surface area contributed by atoms with Crippen LogP contribution < -0.4 is 15.4 Å². The lowest BCUT2D eigenvalue weighted by molar-refractivity contribution is -0.144. The lowest BCUT2D eigenvalue weighted by Crippen LogP contribution is -2.47. The molecule has 1 unspecified atom stereocenters. The van der Waals surface area contributed by atoms with Gasteiger partial charge in [0.15, 0.2) is 0 Å². The Balaban J connectivity index is 1.97. The van der Waals surface area contributed by atoms with Gasteiger partial charge in [0, 0.05) is 12.0 Å². The van der Waals surface area contributed by atoms with Gasteiger partial charge in [-0.1, -0.05) is 25.2 Å². The molecular weight excluding hydrogens is 408 g/mol. The Morgan fingerprint density at radius 2 is 1.80 bits per heavy atom. The van der Waals surface area contributed by atoms with Gasteiger partial charge in [-0.05, 0) is 37.1 Å². The maximum atomic E-state index is 12.7. The predicted molar refractivity (Wildman–Crippen MR) is 113 cm³/mol. The number of hydrogen-bond acceptors (Lipinski definition) is 8. The number of esters is 1. The summed E-state index contributed by atoms with van der Waals surface area (Å²) in [6, 6.07) is 6.57. The molecule has 2 N–H and O–H groups in total. The number of hydrogen-bond donors (Lipinski definition) is 2. The van der Waals surface area contributed by atoms with E-state index >= 15 is 0 Å². The van der Waals surface area contributed by atoms with E-state index in [9.17, 15) is 14.4 Å². The van der Waals surface area contributed by atoms with Crippen molar-refractivity contribution >= 4 is 34.3 Å². The van der Waals surface area contributed by atoms with Crippen molar-refractivity contribution < 1.29 is 23.9 Å². The molecule has 2 amide bonds. The van der Waals surface area contributed by atoms with E-state index in [2.05, 4.69) is 20.8 Å². The average molecular weight is 435 g/mol. The summed E-state index contributed by atoms with van der Waals surface area (Å²) >= 11 is 1.23. The Morgan fingerprint density at radius 3 is 2.40 bits per heavy atom. The van der Waals surface area contributed by atoms with Crippen molar-refractivity contribution in [1.29, 1.82) is 0 Å². The molecule has 9 nitrogen and oxygen atoms in total. The number of rotatable bonds is 10. The van der Waals surface area contributed by atoms with Crippen molar-refractivity contribution in [1.82, 2.24) is 15.5 Å². The summed E-state index contributed by atoms with van der Waals surface area (Å²) < 4.78 is 9.94. The number of methoxy groups -OCH3 is 1. The van der Waals surface area contributed by atoms with Gasteiger partial charge in [-0.15, -0.1) is 10.2 Å². The fourth-order valence-corrected chi connectivity index (χ4v) is 3.29. The summed E-state index contributed by atoms with van der Waals surface area (Å²) in [6.07, 6.45) is -0.0799. The van der Waals surface area contributed by atoms with Gasteiger partial charge in [-0.3, -0.25) is 19.7 Å². The quantitative estimate of drug-likeness (QED) is 0.552. The minimum Gasteiger partial charge on any atom is -0.497 e. The van der Waals surface area contributed by atoms with E-state index < -0.39 is 23.8 Å². The first-order valence-corrected chi connectivity index (χ1v) is 10.4. The number of anilines is 1. The molecule has 2 rings (SSSR count). The van der Waals surface area contributed by atoms with Gasteiger partial charge in [0.2, 0.25) is 16.9 Å². The highest BCUT2D eigenvalue weighted by Gasteiger charge is 2.25. The number of ether oxygens (including phenoxy) is 2. The van der Waals surface area contributed by atoms with Crippen molar-refractivity contribution in [2.75, 3.05) is 19.0 Å². The van der Waals surface area contributed by atoms with Crippen LogP contribution in [0.25, 0.3) is 10.6 Å². The first-order chi connectivity index (χ1) is 14.3. The number of carbonyl (C=O) groups is 3. The van der Waals surface area contributed by atoms with Crippen LogP contribution in [0.15, 0.2) is 24.3 Å². The van der Waals surface area contributed by atoms with E-state index in [-0.39, 0.29) is 25.4 Å². The Morgan fingerprint density at radius 1 is 1.10 bits per heavy atom. The third kappa shape index (κ3) is 6.80. The SMILES string of the molecule is CCOC(=O)CCC(=O)NC(C(=O)Nc1nnc(-c2ccc(OC)cc2)s1)C(C)C. The zero-order chi connectivity index (χ0) is 22.1. The van der Waals surface area contributed by atoms with Crippen molar-refractivity contribution in [3.8, 4) is 16.3 Å². The normalized spacial score (nSPS) is 11.6. The zero-order valence-electron chi connectivity index (χ0n) is 17.4. The Bertz CT molecular complexity index is 866. The van der Waals surface area contributed by atoms with Gasteiger partial charge in [0.25, 0.3) is 0 Å². The standard InChI is InChI=1S/C20H26N4O5S/c1-5-29-16(26)11-10-15(25)21-17(12(2)3)18(27)22-20-24-23-19(30-20)13-6-8-14(28-4)9-7-13/h6-9,12,17H,5,10-11H2,1-4H3,(H,21,25)(H,22,24,27). The van der Waals surface area contributed by atoms with E-state index in [0.717, 1.165) is 11.3 Å². The molecule has 0 fully saturated rings. The van der Waals surface area contributed by atoms with Crippen LogP contribution in [-0.2, 0) is 19.1 Å². The summed E-state index contributed by atoms with van der Waals surface area (Å²) in [4.78, 5) is 36.2. The van der Waals surface area contributed by atoms with Crippen LogP contribution in [0.5, 0.6) is 5.75 Å². The fraction of sp³-hybridized carbons (Fsp3) is 0.450. The first kappa shape index (κ1) is 23.3. The Kier molecular flexibility index (Phi) is 8.72. The molecule has 0 saturated heterocycles. The number of aromatic nitrogens is 2. The fourth-order valence-electron chi connectivity index (χ4n) is 2.54. The minimum atomic E-state index is -0.770. The molecule has 0 bridgehead atoms. The largest absolute Gasteiger partial charge is 0.497 e.